The first-order valence-electron chi connectivity index (χ1n) is 9.41. The lowest BCUT2D eigenvalue weighted by Crippen LogP contribution is -2.46. The van der Waals surface area contributed by atoms with Crippen LogP contribution >= 0.6 is 0 Å². The number of hydrogen-bond donors (Lipinski definition) is 0. The molecular weight excluding hydrogens is 306 g/mol. The van der Waals surface area contributed by atoms with Crippen molar-refractivity contribution in [3.63, 3.8) is 0 Å². The minimum absolute atomic E-state index is 0.201. The van der Waals surface area contributed by atoms with Crippen molar-refractivity contribution in [3.05, 3.63) is 11.8 Å². The number of aryl methyl sites for hydroxylation is 1. The maximum Gasteiger partial charge on any atom is 0.246 e. The SMILES string of the molecule is Cc1nnc([C@@H]2CN(C(=O)[C@@H]3CC[C@@H]4CCCC[C@@H]4C3)CCO2)o1. The molecule has 6 heteroatoms. The van der Waals surface area contributed by atoms with Crippen molar-refractivity contribution < 1.29 is 13.9 Å². The first-order chi connectivity index (χ1) is 11.7. The Kier molecular flexibility index (Phi) is 4.57. The van der Waals surface area contributed by atoms with Gasteiger partial charge in [-0.05, 0) is 31.1 Å². The molecular formula is C18H27N3O3. The second-order valence-electron chi connectivity index (χ2n) is 7.62. The molecule has 1 amide bonds. The zero-order valence-electron chi connectivity index (χ0n) is 14.4. The Morgan fingerprint density at radius 2 is 1.96 bits per heavy atom. The Balaban J connectivity index is 1.38. The van der Waals surface area contributed by atoms with Gasteiger partial charge in [0.25, 0.3) is 0 Å². The van der Waals surface area contributed by atoms with Gasteiger partial charge >= 0.3 is 0 Å². The van der Waals surface area contributed by atoms with Crippen LogP contribution in [0.15, 0.2) is 4.42 Å². The van der Waals surface area contributed by atoms with Crippen LogP contribution < -0.4 is 0 Å². The number of amides is 1. The van der Waals surface area contributed by atoms with Gasteiger partial charge in [-0.1, -0.05) is 25.7 Å². The van der Waals surface area contributed by atoms with Crippen LogP contribution in [0, 0.1) is 24.7 Å². The molecule has 1 aliphatic heterocycles. The van der Waals surface area contributed by atoms with E-state index in [0.29, 0.717) is 37.4 Å². The van der Waals surface area contributed by atoms with Crippen LogP contribution in [0.25, 0.3) is 0 Å². The standard InChI is InChI=1S/C18H27N3O3/c1-12-19-20-17(24-12)16-11-21(8-9-23-16)18(22)15-7-6-13-4-2-3-5-14(13)10-15/h13-16H,2-11H2,1H3/t13-,14+,15+,16-/m0/s1. The molecule has 0 aromatic carbocycles. The molecule has 3 aliphatic rings. The van der Waals surface area contributed by atoms with Gasteiger partial charge in [-0.2, -0.15) is 0 Å². The van der Waals surface area contributed by atoms with Crippen molar-refractivity contribution >= 4 is 5.91 Å². The fourth-order valence-electron chi connectivity index (χ4n) is 4.80. The fraction of sp³-hybridized carbons (Fsp3) is 0.833. The summed E-state index contributed by atoms with van der Waals surface area (Å²) in [5.41, 5.74) is 0. The maximum atomic E-state index is 13.0. The summed E-state index contributed by atoms with van der Waals surface area (Å²) in [5.74, 6) is 3.18. The van der Waals surface area contributed by atoms with E-state index < -0.39 is 0 Å². The van der Waals surface area contributed by atoms with Crippen LogP contribution in [0.5, 0.6) is 0 Å². The molecule has 0 radical (unpaired) electrons. The molecule has 2 heterocycles. The summed E-state index contributed by atoms with van der Waals surface area (Å²) < 4.78 is 11.2. The predicted octanol–water partition coefficient (Wildman–Crippen LogP) is 2.88. The first-order valence-corrected chi connectivity index (χ1v) is 9.41. The van der Waals surface area contributed by atoms with E-state index in [2.05, 4.69) is 10.2 Å². The summed E-state index contributed by atoms with van der Waals surface area (Å²) in [4.78, 5) is 15.0. The lowest BCUT2D eigenvalue weighted by molar-refractivity contribution is -0.146. The predicted molar refractivity (Wildman–Crippen MR) is 87.1 cm³/mol. The molecule has 24 heavy (non-hydrogen) atoms. The summed E-state index contributed by atoms with van der Waals surface area (Å²) in [6.45, 7) is 3.51. The van der Waals surface area contributed by atoms with Gasteiger partial charge in [-0.25, -0.2) is 0 Å². The average Bonchev–Trinajstić information content (AvgIpc) is 3.07. The van der Waals surface area contributed by atoms with Crippen LogP contribution in [-0.2, 0) is 9.53 Å². The number of rotatable bonds is 2. The molecule has 0 bridgehead atoms. The van der Waals surface area contributed by atoms with Gasteiger partial charge in [0.2, 0.25) is 17.7 Å². The highest BCUT2D eigenvalue weighted by Gasteiger charge is 2.38. The lowest BCUT2D eigenvalue weighted by atomic mass is 9.67. The highest BCUT2D eigenvalue weighted by atomic mass is 16.5. The van der Waals surface area contributed by atoms with E-state index in [1.807, 2.05) is 4.90 Å². The Bertz CT molecular complexity index is 588. The average molecular weight is 333 g/mol. The molecule has 0 unspecified atom stereocenters. The minimum atomic E-state index is -0.282. The van der Waals surface area contributed by atoms with E-state index in [4.69, 9.17) is 9.15 Å². The Morgan fingerprint density at radius 1 is 1.12 bits per heavy atom. The maximum absolute atomic E-state index is 13.0. The Morgan fingerprint density at radius 3 is 2.75 bits per heavy atom. The summed E-state index contributed by atoms with van der Waals surface area (Å²) in [7, 11) is 0. The molecule has 4 rings (SSSR count). The van der Waals surface area contributed by atoms with Gasteiger partial charge in [0.15, 0.2) is 6.10 Å². The van der Waals surface area contributed by atoms with Gasteiger partial charge < -0.3 is 14.1 Å². The number of ether oxygens (including phenoxy) is 1. The van der Waals surface area contributed by atoms with Gasteiger partial charge in [0, 0.05) is 19.4 Å². The molecule has 0 N–H and O–H groups in total. The van der Waals surface area contributed by atoms with Gasteiger partial charge in [0.1, 0.15) is 0 Å². The topological polar surface area (TPSA) is 68.5 Å². The summed E-state index contributed by atoms with van der Waals surface area (Å²) in [6, 6.07) is 0. The molecule has 3 fully saturated rings. The van der Waals surface area contributed by atoms with Crippen molar-refractivity contribution in [2.24, 2.45) is 17.8 Å². The molecule has 2 aliphatic carbocycles. The third-order valence-corrected chi connectivity index (χ3v) is 6.08. The Hall–Kier alpha value is -1.43. The number of carbonyl (C=O) groups is 1. The van der Waals surface area contributed by atoms with Gasteiger partial charge in [-0.15, -0.1) is 10.2 Å². The number of hydrogen-bond acceptors (Lipinski definition) is 5. The molecule has 6 nitrogen and oxygen atoms in total. The summed E-state index contributed by atoms with van der Waals surface area (Å²) >= 11 is 0. The highest BCUT2D eigenvalue weighted by Crippen LogP contribution is 2.43. The lowest BCUT2D eigenvalue weighted by Gasteiger charge is -2.41. The normalized spacial score (nSPS) is 34.0. The van der Waals surface area contributed by atoms with Crippen molar-refractivity contribution in [3.8, 4) is 0 Å². The van der Waals surface area contributed by atoms with Crippen LogP contribution in [0.4, 0.5) is 0 Å². The smallest absolute Gasteiger partial charge is 0.246 e. The van der Waals surface area contributed by atoms with E-state index in [9.17, 15) is 4.79 Å². The van der Waals surface area contributed by atoms with E-state index >= 15 is 0 Å². The second kappa shape index (κ2) is 6.82. The van der Waals surface area contributed by atoms with E-state index in [1.54, 1.807) is 6.92 Å². The quantitative estimate of drug-likeness (QED) is 0.832. The number of aromatic nitrogens is 2. The highest BCUT2D eigenvalue weighted by molar-refractivity contribution is 5.79. The van der Waals surface area contributed by atoms with Crippen molar-refractivity contribution in [1.82, 2.24) is 15.1 Å². The molecule has 132 valence electrons. The third kappa shape index (κ3) is 3.21. The minimum Gasteiger partial charge on any atom is -0.423 e. The van der Waals surface area contributed by atoms with Crippen molar-refractivity contribution in [1.29, 1.82) is 0 Å². The number of nitrogens with zero attached hydrogens (tertiary/aromatic N) is 3. The first kappa shape index (κ1) is 16.1. The molecule has 1 aromatic rings. The number of fused-ring (bicyclic) bond motifs is 1. The number of morpholine rings is 1. The molecule has 0 spiro atoms. The summed E-state index contributed by atoms with van der Waals surface area (Å²) in [5, 5.41) is 7.92. The Labute approximate surface area is 142 Å². The van der Waals surface area contributed by atoms with Crippen LogP contribution in [0.3, 0.4) is 0 Å². The zero-order chi connectivity index (χ0) is 16.5. The van der Waals surface area contributed by atoms with E-state index in [1.165, 1.54) is 32.1 Å². The molecule has 2 saturated carbocycles. The molecule has 1 saturated heterocycles. The third-order valence-electron chi connectivity index (χ3n) is 6.08. The fourth-order valence-corrected chi connectivity index (χ4v) is 4.80. The van der Waals surface area contributed by atoms with Crippen molar-refractivity contribution in [2.45, 2.75) is 58.0 Å². The van der Waals surface area contributed by atoms with Crippen LogP contribution in [0.2, 0.25) is 0 Å². The number of carbonyl (C=O) groups excluding carboxylic acids is 1. The van der Waals surface area contributed by atoms with E-state index in [-0.39, 0.29) is 12.0 Å². The summed E-state index contributed by atoms with van der Waals surface area (Å²) in [6.07, 6.45) is 8.52. The second-order valence-corrected chi connectivity index (χ2v) is 7.62. The van der Waals surface area contributed by atoms with Crippen LogP contribution in [0.1, 0.15) is 62.8 Å². The van der Waals surface area contributed by atoms with E-state index in [0.717, 1.165) is 24.7 Å². The zero-order valence-corrected chi connectivity index (χ0v) is 14.4. The van der Waals surface area contributed by atoms with Gasteiger partial charge in [0.05, 0.1) is 13.2 Å². The monoisotopic (exact) mass is 333 g/mol. The molecule has 4 atom stereocenters. The largest absolute Gasteiger partial charge is 0.423 e. The van der Waals surface area contributed by atoms with Crippen LogP contribution in [-0.4, -0.2) is 40.7 Å². The van der Waals surface area contributed by atoms with Crippen molar-refractivity contribution in [2.75, 3.05) is 19.7 Å². The van der Waals surface area contributed by atoms with Gasteiger partial charge in [-0.3, -0.25) is 4.79 Å². The molecule has 1 aromatic heterocycles.